The molecule has 10 heteroatoms. The molecule has 0 aromatic carbocycles. The van der Waals surface area contributed by atoms with Crippen molar-refractivity contribution < 1.29 is 23.9 Å². The lowest BCUT2D eigenvalue weighted by atomic mass is 9.88. The number of amides is 3. The minimum Gasteiger partial charge on any atom is -0.371 e. The summed E-state index contributed by atoms with van der Waals surface area (Å²) in [6, 6.07) is -1.91. The fraction of sp³-hybridized carbons (Fsp3) is 0.692. The summed E-state index contributed by atoms with van der Waals surface area (Å²) >= 11 is 0. The monoisotopic (exact) mass is 503 g/mol. The van der Waals surface area contributed by atoms with Gasteiger partial charge in [0.15, 0.2) is 5.78 Å². The molecule has 3 amide bonds. The Morgan fingerprint density at radius 1 is 1.19 bits per heavy atom. The fourth-order valence-corrected chi connectivity index (χ4v) is 5.30. The molecule has 0 bridgehead atoms. The van der Waals surface area contributed by atoms with Crippen molar-refractivity contribution in [2.24, 2.45) is 22.8 Å². The topological polar surface area (TPSA) is 148 Å². The number of methoxy groups -OCH3 is 1. The van der Waals surface area contributed by atoms with Crippen LogP contribution < -0.4 is 16.8 Å². The summed E-state index contributed by atoms with van der Waals surface area (Å²) in [4.78, 5) is 56.1. The van der Waals surface area contributed by atoms with E-state index in [1.807, 2.05) is 34.6 Å². The number of nitrogens with one attached hydrogen (secondary N) is 1. The maximum Gasteiger partial charge on any atom is 0.252 e. The molecule has 2 heterocycles. The highest BCUT2D eigenvalue weighted by molar-refractivity contribution is 6.02. The Morgan fingerprint density at radius 2 is 1.86 bits per heavy atom. The largest absolute Gasteiger partial charge is 0.371 e. The molecule has 1 aliphatic carbocycles. The fourth-order valence-electron chi connectivity index (χ4n) is 5.30. The first-order chi connectivity index (χ1) is 16.7. The number of Topliss-reactive ketones (excluding diaryl/α,β-unsaturated/α-hetero) is 1. The van der Waals surface area contributed by atoms with Gasteiger partial charge in [-0.1, -0.05) is 46.8 Å². The van der Waals surface area contributed by atoms with Crippen LogP contribution in [0.3, 0.4) is 0 Å². The van der Waals surface area contributed by atoms with Gasteiger partial charge in [0.2, 0.25) is 5.91 Å². The van der Waals surface area contributed by atoms with Gasteiger partial charge in [-0.3, -0.25) is 19.2 Å². The van der Waals surface area contributed by atoms with Gasteiger partial charge in [0, 0.05) is 25.6 Å². The Bertz CT molecular complexity index is 964. The molecule has 0 saturated carbocycles. The number of hydrogen-bond acceptors (Lipinski definition) is 7. The number of nitrogens with two attached hydrogens (primary N) is 2. The molecule has 0 radical (unpaired) electrons. The minimum absolute atomic E-state index is 0.0489. The second kappa shape index (κ2) is 10.4. The summed E-state index contributed by atoms with van der Waals surface area (Å²) < 4.78 is 5.49. The maximum absolute atomic E-state index is 13.7. The van der Waals surface area contributed by atoms with Crippen LogP contribution in [0.4, 0.5) is 0 Å². The van der Waals surface area contributed by atoms with Crippen molar-refractivity contribution >= 4 is 23.5 Å². The first-order valence-corrected chi connectivity index (χ1v) is 12.6. The van der Waals surface area contributed by atoms with E-state index >= 15 is 0 Å². The van der Waals surface area contributed by atoms with Gasteiger partial charge in [-0.05, 0) is 30.3 Å². The van der Waals surface area contributed by atoms with Gasteiger partial charge in [-0.25, -0.2) is 0 Å². The molecule has 4 unspecified atom stereocenters. The number of ketones is 1. The average molecular weight is 504 g/mol. The zero-order valence-corrected chi connectivity index (χ0v) is 22.2. The zero-order valence-electron chi connectivity index (χ0n) is 22.2. The van der Waals surface area contributed by atoms with Gasteiger partial charge in [0.1, 0.15) is 18.2 Å². The first-order valence-electron chi connectivity index (χ1n) is 12.6. The van der Waals surface area contributed by atoms with Crippen molar-refractivity contribution in [2.75, 3.05) is 20.2 Å². The smallest absolute Gasteiger partial charge is 0.252 e. The molecule has 3 rings (SSSR count). The summed E-state index contributed by atoms with van der Waals surface area (Å²) in [5, 5.41) is 2.85. The highest BCUT2D eigenvalue weighted by atomic mass is 16.5. The zero-order chi connectivity index (χ0) is 27.0. The van der Waals surface area contributed by atoms with E-state index in [-0.39, 0.29) is 36.0 Å². The SMILES string of the molecule is COC(C(=O)N1CC(=O)C2C1CCN2C(=O)C(CC(C)C)NC(=O)C1=CCC(N)(N)C=C1)C(C)(C)C. The predicted molar refractivity (Wildman–Crippen MR) is 135 cm³/mol. The van der Waals surface area contributed by atoms with E-state index in [4.69, 9.17) is 16.2 Å². The number of carbonyl (C=O) groups is 4. The van der Waals surface area contributed by atoms with Crippen LogP contribution in [-0.4, -0.2) is 83.4 Å². The van der Waals surface area contributed by atoms with Gasteiger partial charge < -0.3 is 31.3 Å². The van der Waals surface area contributed by atoms with E-state index < -0.39 is 35.3 Å². The second-order valence-corrected chi connectivity index (χ2v) is 11.7. The number of ether oxygens (including phenoxy) is 1. The summed E-state index contributed by atoms with van der Waals surface area (Å²) in [6.45, 7) is 9.96. The van der Waals surface area contributed by atoms with Crippen LogP contribution in [0.5, 0.6) is 0 Å². The van der Waals surface area contributed by atoms with E-state index in [1.54, 1.807) is 28.0 Å². The number of rotatable bonds is 7. The van der Waals surface area contributed by atoms with Gasteiger partial charge >= 0.3 is 0 Å². The molecule has 5 N–H and O–H groups in total. The van der Waals surface area contributed by atoms with Gasteiger partial charge in [0.25, 0.3) is 11.8 Å². The molecular weight excluding hydrogens is 462 g/mol. The number of likely N-dealkylation sites (tertiary alicyclic amines) is 2. The minimum atomic E-state index is -0.998. The molecule has 2 saturated heterocycles. The van der Waals surface area contributed by atoms with Crippen molar-refractivity contribution in [3.8, 4) is 0 Å². The second-order valence-electron chi connectivity index (χ2n) is 11.7. The van der Waals surface area contributed by atoms with Crippen LogP contribution in [0.2, 0.25) is 0 Å². The summed E-state index contributed by atoms with van der Waals surface area (Å²) in [7, 11) is 1.49. The quantitative estimate of drug-likeness (QED) is 0.428. The predicted octanol–water partition coefficient (Wildman–Crippen LogP) is 0.459. The molecule has 10 nitrogen and oxygen atoms in total. The van der Waals surface area contributed by atoms with Crippen LogP contribution in [0.1, 0.15) is 53.9 Å². The highest BCUT2D eigenvalue weighted by Crippen LogP contribution is 2.33. The van der Waals surface area contributed by atoms with Crippen LogP contribution in [0.25, 0.3) is 0 Å². The molecule has 36 heavy (non-hydrogen) atoms. The summed E-state index contributed by atoms with van der Waals surface area (Å²) in [5.41, 5.74) is 10.7. The molecular formula is C26H41N5O5. The lowest BCUT2D eigenvalue weighted by Gasteiger charge is -2.33. The third kappa shape index (κ3) is 5.87. The molecule has 0 aromatic rings. The van der Waals surface area contributed by atoms with Crippen molar-refractivity contribution in [1.29, 1.82) is 0 Å². The molecule has 200 valence electrons. The molecule has 3 aliphatic rings. The van der Waals surface area contributed by atoms with E-state index in [0.717, 1.165) is 0 Å². The van der Waals surface area contributed by atoms with Gasteiger partial charge in [0.05, 0.1) is 18.2 Å². The van der Waals surface area contributed by atoms with E-state index in [0.29, 0.717) is 31.4 Å². The third-order valence-electron chi connectivity index (χ3n) is 7.06. The maximum atomic E-state index is 13.7. The average Bonchev–Trinajstić information content (AvgIpc) is 3.33. The first kappa shape index (κ1) is 28.0. The van der Waals surface area contributed by atoms with Crippen LogP contribution in [0, 0.1) is 11.3 Å². The molecule has 2 aliphatic heterocycles. The standard InChI is InChI=1S/C26H41N5O5/c1-15(2)13-17(29-22(33)16-7-10-26(27,28)11-8-16)23(34)30-12-9-18-20(30)19(32)14-31(18)24(35)21(36-6)25(3,4)5/h7-8,10,15,17-18,20-21H,9,11-14,27-28H2,1-6H3,(H,29,33). The Hall–Kier alpha value is -2.56. The summed E-state index contributed by atoms with van der Waals surface area (Å²) in [6.07, 6.45) is 5.32. The molecule has 0 spiro atoms. The van der Waals surface area contributed by atoms with Gasteiger partial charge in [-0.2, -0.15) is 0 Å². The Kier molecular flexibility index (Phi) is 8.12. The Balaban J connectivity index is 1.76. The number of carbonyl (C=O) groups excluding carboxylic acids is 4. The lowest BCUT2D eigenvalue weighted by molar-refractivity contribution is -0.150. The van der Waals surface area contributed by atoms with Crippen molar-refractivity contribution in [1.82, 2.24) is 15.1 Å². The van der Waals surface area contributed by atoms with Crippen LogP contribution in [0.15, 0.2) is 23.8 Å². The van der Waals surface area contributed by atoms with Crippen molar-refractivity contribution in [3.05, 3.63) is 23.8 Å². The van der Waals surface area contributed by atoms with E-state index in [1.165, 1.54) is 7.11 Å². The highest BCUT2D eigenvalue weighted by Gasteiger charge is 2.53. The van der Waals surface area contributed by atoms with Crippen molar-refractivity contribution in [2.45, 2.75) is 83.8 Å². The van der Waals surface area contributed by atoms with E-state index in [9.17, 15) is 19.2 Å². The van der Waals surface area contributed by atoms with Crippen molar-refractivity contribution in [3.63, 3.8) is 0 Å². The molecule has 2 fully saturated rings. The Labute approximate surface area is 213 Å². The molecule has 4 atom stereocenters. The lowest BCUT2D eigenvalue weighted by Crippen LogP contribution is -2.53. The normalized spacial score (nSPS) is 25.0. The van der Waals surface area contributed by atoms with Crippen LogP contribution in [-0.2, 0) is 23.9 Å². The number of nitrogens with zero attached hydrogens (tertiary/aromatic N) is 2. The number of hydrogen-bond donors (Lipinski definition) is 3. The summed E-state index contributed by atoms with van der Waals surface area (Å²) in [5.74, 6) is -0.976. The molecule has 0 aromatic heterocycles. The number of fused-ring (bicyclic) bond motifs is 1. The Morgan fingerprint density at radius 3 is 2.39 bits per heavy atom. The van der Waals surface area contributed by atoms with Crippen LogP contribution >= 0.6 is 0 Å². The van der Waals surface area contributed by atoms with Gasteiger partial charge in [-0.15, -0.1) is 0 Å². The van der Waals surface area contributed by atoms with E-state index in [2.05, 4.69) is 5.32 Å². The third-order valence-corrected chi connectivity index (χ3v) is 7.06.